The van der Waals surface area contributed by atoms with Gasteiger partial charge in [0.2, 0.25) is 0 Å². The smallest absolute Gasteiger partial charge is 0.270 e. The highest BCUT2D eigenvalue weighted by atomic mass is 79.9. The zero-order chi connectivity index (χ0) is 14.3. The Morgan fingerprint density at radius 2 is 2.16 bits per heavy atom. The van der Waals surface area contributed by atoms with Crippen LogP contribution in [-0.2, 0) is 11.3 Å². The predicted molar refractivity (Wildman–Crippen MR) is 78.2 cm³/mol. The molecule has 6 heteroatoms. The third-order valence-electron chi connectivity index (χ3n) is 2.36. The van der Waals surface area contributed by atoms with Crippen molar-refractivity contribution >= 4 is 21.6 Å². The Labute approximate surface area is 121 Å². The van der Waals surface area contributed by atoms with E-state index in [-0.39, 0.29) is 10.6 Å². The van der Waals surface area contributed by atoms with Gasteiger partial charge in [-0.1, -0.05) is 29.8 Å². The SMILES string of the molecule is CC(C)COCCNCc1cc(Br)cc([N+](=O)[O-])c1. The van der Waals surface area contributed by atoms with Crippen molar-refractivity contribution in [2.75, 3.05) is 19.8 Å². The van der Waals surface area contributed by atoms with Gasteiger partial charge >= 0.3 is 0 Å². The lowest BCUT2D eigenvalue weighted by molar-refractivity contribution is -0.385. The van der Waals surface area contributed by atoms with Crippen LogP contribution in [0.3, 0.4) is 0 Å². The van der Waals surface area contributed by atoms with Crippen LogP contribution in [0.15, 0.2) is 22.7 Å². The molecular weight excluding hydrogens is 312 g/mol. The van der Waals surface area contributed by atoms with E-state index in [0.29, 0.717) is 19.1 Å². The molecule has 1 rings (SSSR count). The minimum absolute atomic E-state index is 0.0993. The van der Waals surface area contributed by atoms with E-state index in [1.807, 2.05) is 6.07 Å². The Hall–Kier alpha value is -0.980. The summed E-state index contributed by atoms with van der Waals surface area (Å²) in [6, 6.07) is 4.94. The number of halogens is 1. The van der Waals surface area contributed by atoms with Crippen LogP contribution in [0.2, 0.25) is 0 Å². The highest BCUT2D eigenvalue weighted by molar-refractivity contribution is 9.10. The molecule has 1 aromatic rings. The lowest BCUT2D eigenvalue weighted by atomic mass is 10.2. The summed E-state index contributed by atoms with van der Waals surface area (Å²) in [7, 11) is 0. The van der Waals surface area contributed by atoms with Crippen molar-refractivity contribution in [1.29, 1.82) is 0 Å². The zero-order valence-corrected chi connectivity index (χ0v) is 12.8. The molecule has 0 amide bonds. The maximum Gasteiger partial charge on any atom is 0.270 e. The normalized spacial score (nSPS) is 10.9. The van der Waals surface area contributed by atoms with Crippen LogP contribution in [0.25, 0.3) is 0 Å². The molecule has 1 aromatic carbocycles. The second-order valence-corrected chi connectivity index (χ2v) is 5.64. The molecule has 0 aliphatic carbocycles. The van der Waals surface area contributed by atoms with Crippen LogP contribution in [0.1, 0.15) is 19.4 Å². The van der Waals surface area contributed by atoms with Gasteiger partial charge in [0, 0.05) is 36.3 Å². The minimum atomic E-state index is -0.389. The first-order valence-electron chi connectivity index (χ1n) is 6.21. The number of non-ortho nitro benzene ring substituents is 1. The van der Waals surface area contributed by atoms with E-state index in [1.165, 1.54) is 6.07 Å². The number of nitro groups is 1. The lowest BCUT2D eigenvalue weighted by Gasteiger charge is -2.08. The molecule has 0 saturated heterocycles. The lowest BCUT2D eigenvalue weighted by Crippen LogP contribution is -2.20. The van der Waals surface area contributed by atoms with Gasteiger partial charge in [0.1, 0.15) is 0 Å². The number of nitro benzene ring substituents is 1. The summed E-state index contributed by atoms with van der Waals surface area (Å²) >= 11 is 3.27. The number of benzene rings is 1. The largest absolute Gasteiger partial charge is 0.380 e. The molecule has 1 N–H and O–H groups in total. The summed E-state index contributed by atoms with van der Waals surface area (Å²) in [5.41, 5.74) is 0.979. The number of rotatable bonds is 8. The number of hydrogen-bond donors (Lipinski definition) is 1. The molecule has 0 heterocycles. The Morgan fingerprint density at radius 1 is 1.42 bits per heavy atom. The summed E-state index contributed by atoms with van der Waals surface area (Å²) in [6.07, 6.45) is 0. The second-order valence-electron chi connectivity index (χ2n) is 4.72. The number of nitrogens with one attached hydrogen (secondary N) is 1. The van der Waals surface area contributed by atoms with Crippen LogP contribution in [0.4, 0.5) is 5.69 Å². The van der Waals surface area contributed by atoms with Crippen molar-refractivity contribution in [3.05, 3.63) is 38.3 Å². The van der Waals surface area contributed by atoms with Crippen LogP contribution in [-0.4, -0.2) is 24.7 Å². The van der Waals surface area contributed by atoms with Crippen molar-refractivity contribution in [3.8, 4) is 0 Å². The van der Waals surface area contributed by atoms with E-state index in [1.54, 1.807) is 6.07 Å². The highest BCUT2D eigenvalue weighted by Gasteiger charge is 2.08. The molecule has 0 atom stereocenters. The van der Waals surface area contributed by atoms with Gasteiger partial charge in [-0.3, -0.25) is 10.1 Å². The first-order valence-corrected chi connectivity index (χ1v) is 7.00. The fraction of sp³-hybridized carbons (Fsp3) is 0.538. The van der Waals surface area contributed by atoms with Crippen molar-refractivity contribution < 1.29 is 9.66 Å². The molecular formula is C13H19BrN2O3. The van der Waals surface area contributed by atoms with Gasteiger partial charge in [-0.05, 0) is 17.5 Å². The van der Waals surface area contributed by atoms with Crippen LogP contribution >= 0.6 is 15.9 Å². The van der Waals surface area contributed by atoms with Crippen LogP contribution in [0.5, 0.6) is 0 Å². The third-order valence-corrected chi connectivity index (χ3v) is 2.81. The standard InChI is InChI=1S/C13H19BrN2O3/c1-10(2)9-19-4-3-15-8-11-5-12(14)7-13(6-11)16(17)18/h5-7,10,15H,3-4,8-9H2,1-2H3. The average Bonchev–Trinajstić information content (AvgIpc) is 2.32. The second kappa shape index (κ2) is 8.24. The maximum absolute atomic E-state index is 10.7. The Bertz CT molecular complexity index is 424. The van der Waals surface area contributed by atoms with Gasteiger partial charge in [-0.2, -0.15) is 0 Å². The summed E-state index contributed by atoms with van der Waals surface area (Å²) in [6.45, 7) is 6.93. The van der Waals surface area contributed by atoms with Crippen LogP contribution < -0.4 is 5.32 Å². The Morgan fingerprint density at radius 3 is 2.79 bits per heavy atom. The number of hydrogen-bond acceptors (Lipinski definition) is 4. The summed E-state index contributed by atoms with van der Waals surface area (Å²) in [4.78, 5) is 10.3. The van der Waals surface area contributed by atoms with E-state index < -0.39 is 0 Å². The average molecular weight is 331 g/mol. The summed E-state index contributed by atoms with van der Waals surface area (Å²) < 4.78 is 6.16. The quantitative estimate of drug-likeness (QED) is 0.452. The molecule has 5 nitrogen and oxygen atoms in total. The van der Waals surface area contributed by atoms with E-state index in [0.717, 1.165) is 23.2 Å². The molecule has 0 fully saturated rings. The highest BCUT2D eigenvalue weighted by Crippen LogP contribution is 2.21. The van der Waals surface area contributed by atoms with Crippen molar-refractivity contribution in [2.24, 2.45) is 5.92 Å². The molecule has 0 radical (unpaired) electrons. The summed E-state index contributed by atoms with van der Waals surface area (Å²) in [5, 5.41) is 13.9. The molecule has 0 spiro atoms. The van der Waals surface area contributed by atoms with Crippen molar-refractivity contribution in [1.82, 2.24) is 5.32 Å². The molecule has 19 heavy (non-hydrogen) atoms. The van der Waals surface area contributed by atoms with Gasteiger partial charge in [0.25, 0.3) is 5.69 Å². The van der Waals surface area contributed by atoms with Crippen molar-refractivity contribution in [2.45, 2.75) is 20.4 Å². The number of nitrogens with zero attached hydrogens (tertiary/aromatic N) is 1. The first kappa shape index (κ1) is 16.1. The fourth-order valence-corrected chi connectivity index (χ4v) is 2.07. The maximum atomic E-state index is 10.7. The van der Waals surface area contributed by atoms with E-state index in [4.69, 9.17) is 4.74 Å². The Kier molecular flexibility index (Phi) is 6.97. The monoisotopic (exact) mass is 330 g/mol. The molecule has 0 aromatic heterocycles. The van der Waals surface area contributed by atoms with Crippen LogP contribution in [0, 0.1) is 16.0 Å². The molecule has 0 saturated carbocycles. The minimum Gasteiger partial charge on any atom is -0.380 e. The third kappa shape index (κ3) is 6.66. The van der Waals surface area contributed by atoms with Gasteiger partial charge in [-0.15, -0.1) is 0 Å². The Balaban J connectivity index is 2.35. The zero-order valence-electron chi connectivity index (χ0n) is 11.2. The van der Waals surface area contributed by atoms with Crippen molar-refractivity contribution in [3.63, 3.8) is 0 Å². The molecule has 106 valence electrons. The molecule has 0 aliphatic heterocycles. The summed E-state index contributed by atoms with van der Waals surface area (Å²) in [5.74, 6) is 0.535. The van der Waals surface area contributed by atoms with E-state index in [2.05, 4.69) is 35.1 Å². The topological polar surface area (TPSA) is 64.4 Å². The van der Waals surface area contributed by atoms with E-state index >= 15 is 0 Å². The van der Waals surface area contributed by atoms with E-state index in [9.17, 15) is 10.1 Å². The first-order chi connectivity index (χ1) is 8.99. The molecule has 0 bridgehead atoms. The van der Waals surface area contributed by atoms with Gasteiger partial charge < -0.3 is 10.1 Å². The number of ether oxygens (including phenoxy) is 1. The molecule has 0 unspecified atom stereocenters. The molecule has 0 aliphatic rings. The van der Waals surface area contributed by atoms with Gasteiger partial charge in [0.15, 0.2) is 0 Å². The fourth-order valence-electron chi connectivity index (χ4n) is 1.54. The van der Waals surface area contributed by atoms with Gasteiger partial charge in [0.05, 0.1) is 11.5 Å². The van der Waals surface area contributed by atoms with Gasteiger partial charge in [-0.25, -0.2) is 0 Å². The predicted octanol–water partition coefficient (Wildman–Crippen LogP) is 3.12.